The van der Waals surface area contributed by atoms with Gasteiger partial charge in [-0.15, -0.1) is 0 Å². The second-order valence-corrected chi connectivity index (χ2v) is 10.7. The van der Waals surface area contributed by atoms with Crippen molar-refractivity contribution in [3.63, 3.8) is 0 Å². The van der Waals surface area contributed by atoms with Crippen LogP contribution in [0.15, 0.2) is 48.5 Å². The zero-order chi connectivity index (χ0) is 24.9. The van der Waals surface area contributed by atoms with E-state index >= 15 is 0 Å². The molecule has 5 rings (SSSR count). The first-order valence-electron chi connectivity index (χ1n) is 13.1. The van der Waals surface area contributed by atoms with Crippen LogP contribution in [0, 0.1) is 17.7 Å². The Hall–Kier alpha value is -2.70. The highest BCUT2D eigenvalue weighted by atomic mass is 35.5. The topological polar surface area (TPSA) is 61.0 Å². The standard InChI is InChI=1S/C29H34ClFN4O/c30-24-7-3-4-20(16-24)8-11-28(36)32-18-22-5-1-2-6-23(22)19-35-14-12-21(13-15-35)29-26-10-9-25(31)17-27(26)33-34-29/h3-4,7-11,16-17,21-23H,1-2,5-6,12-15,18-19H2,(H,32,36)(H,33,34)/b11-8+/t22-,23-/m0/s1. The van der Waals surface area contributed by atoms with Crippen LogP contribution in [0.4, 0.5) is 4.39 Å². The Morgan fingerprint density at radius 1 is 1.11 bits per heavy atom. The number of carbonyl (C=O) groups is 1. The van der Waals surface area contributed by atoms with Crippen molar-refractivity contribution in [1.82, 2.24) is 20.4 Å². The van der Waals surface area contributed by atoms with Crippen molar-refractivity contribution in [3.8, 4) is 0 Å². The molecule has 5 nitrogen and oxygen atoms in total. The predicted octanol–water partition coefficient (Wildman–Crippen LogP) is 6.17. The van der Waals surface area contributed by atoms with Crippen LogP contribution in [-0.4, -0.2) is 47.2 Å². The molecule has 2 aliphatic rings. The second kappa shape index (κ2) is 11.6. The van der Waals surface area contributed by atoms with Gasteiger partial charge in [-0.05, 0) is 92.6 Å². The SMILES string of the molecule is O=C(/C=C/c1cccc(Cl)c1)NC[C@@H]1CCCC[C@H]1CN1CCC(c2n[nH]c3cc(F)ccc23)CC1. The molecule has 2 aromatic carbocycles. The molecule has 1 saturated carbocycles. The minimum absolute atomic E-state index is 0.0498. The van der Waals surface area contributed by atoms with Crippen molar-refractivity contribution in [1.29, 1.82) is 0 Å². The Morgan fingerprint density at radius 2 is 1.92 bits per heavy atom. The van der Waals surface area contributed by atoms with Crippen LogP contribution in [0.25, 0.3) is 17.0 Å². The lowest BCUT2D eigenvalue weighted by molar-refractivity contribution is -0.116. The summed E-state index contributed by atoms with van der Waals surface area (Å²) in [7, 11) is 0. The highest BCUT2D eigenvalue weighted by Crippen LogP contribution is 2.34. The van der Waals surface area contributed by atoms with E-state index < -0.39 is 0 Å². The summed E-state index contributed by atoms with van der Waals surface area (Å²) in [6.07, 6.45) is 10.5. The van der Waals surface area contributed by atoms with Crippen molar-refractivity contribution >= 4 is 34.5 Å². The monoisotopic (exact) mass is 508 g/mol. The molecular weight excluding hydrogens is 475 g/mol. The quantitative estimate of drug-likeness (QED) is 0.375. The second-order valence-electron chi connectivity index (χ2n) is 10.3. The zero-order valence-corrected chi connectivity index (χ0v) is 21.3. The van der Waals surface area contributed by atoms with E-state index in [1.807, 2.05) is 36.4 Å². The largest absolute Gasteiger partial charge is 0.352 e. The van der Waals surface area contributed by atoms with Gasteiger partial charge in [0.15, 0.2) is 0 Å². The van der Waals surface area contributed by atoms with E-state index in [1.54, 1.807) is 6.08 Å². The minimum Gasteiger partial charge on any atom is -0.352 e. The Morgan fingerprint density at radius 3 is 2.72 bits per heavy atom. The average Bonchev–Trinajstić information content (AvgIpc) is 3.30. The molecule has 2 fully saturated rings. The van der Waals surface area contributed by atoms with Crippen LogP contribution < -0.4 is 5.32 Å². The summed E-state index contributed by atoms with van der Waals surface area (Å²) in [5.41, 5.74) is 2.78. The van der Waals surface area contributed by atoms with E-state index in [2.05, 4.69) is 20.4 Å². The molecule has 0 radical (unpaired) electrons. The summed E-state index contributed by atoms with van der Waals surface area (Å²) in [5, 5.41) is 12.4. The molecule has 0 unspecified atom stereocenters. The number of nitrogens with zero attached hydrogens (tertiary/aromatic N) is 2. The van der Waals surface area contributed by atoms with E-state index in [-0.39, 0.29) is 11.7 Å². The highest BCUT2D eigenvalue weighted by Gasteiger charge is 2.30. The summed E-state index contributed by atoms with van der Waals surface area (Å²) in [4.78, 5) is 15.0. The fourth-order valence-corrected chi connectivity index (χ4v) is 6.11. The number of nitrogens with one attached hydrogen (secondary N) is 2. The number of halogens is 2. The van der Waals surface area contributed by atoms with Crippen LogP contribution in [0.2, 0.25) is 5.02 Å². The third kappa shape index (κ3) is 6.16. The molecule has 7 heteroatoms. The van der Waals surface area contributed by atoms with E-state index in [0.717, 1.165) is 61.2 Å². The number of piperidine rings is 1. The molecule has 3 aromatic rings. The summed E-state index contributed by atoms with van der Waals surface area (Å²) < 4.78 is 13.5. The van der Waals surface area contributed by atoms with Gasteiger partial charge in [0.25, 0.3) is 0 Å². The van der Waals surface area contributed by atoms with Gasteiger partial charge < -0.3 is 10.2 Å². The molecule has 1 saturated heterocycles. The fourth-order valence-electron chi connectivity index (χ4n) is 5.91. The number of likely N-dealkylation sites (tertiary alicyclic amines) is 1. The molecule has 2 atom stereocenters. The maximum atomic E-state index is 13.5. The first kappa shape index (κ1) is 25.0. The molecule has 36 heavy (non-hydrogen) atoms. The third-order valence-electron chi connectivity index (χ3n) is 7.90. The van der Waals surface area contributed by atoms with E-state index in [4.69, 9.17) is 11.6 Å². The molecule has 2 N–H and O–H groups in total. The normalized spacial score (nSPS) is 21.8. The van der Waals surface area contributed by atoms with Gasteiger partial charge in [0, 0.05) is 35.5 Å². The average molecular weight is 509 g/mol. The number of aromatic nitrogens is 2. The third-order valence-corrected chi connectivity index (χ3v) is 8.14. The first-order valence-corrected chi connectivity index (χ1v) is 13.5. The maximum Gasteiger partial charge on any atom is 0.244 e. The van der Waals surface area contributed by atoms with Crippen molar-refractivity contribution in [3.05, 3.63) is 70.6 Å². The summed E-state index contributed by atoms with van der Waals surface area (Å²) in [5.74, 6) is 1.26. The van der Waals surface area contributed by atoms with Gasteiger partial charge in [-0.25, -0.2) is 4.39 Å². The number of benzene rings is 2. The van der Waals surface area contributed by atoms with Gasteiger partial charge >= 0.3 is 0 Å². The molecule has 1 aliphatic carbocycles. The minimum atomic E-state index is -0.233. The number of rotatable bonds is 7. The van der Waals surface area contributed by atoms with Crippen LogP contribution >= 0.6 is 11.6 Å². The molecule has 2 heterocycles. The smallest absolute Gasteiger partial charge is 0.244 e. The Bertz CT molecular complexity index is 1220. The van der Waals surface area contributed by atoms with Crippen molar-refractivity contribution < 1.29 is 9.18 Å². The first-order chi connectivity index (χ1) is 17.5. The number of amides is 1. The lowest BCUT2D eigenvalue weighted by Crippen LogP contribution is -2.42. The molecule has 190 valence electrons. The summed E-state index contributed by atoms with van der Waals surface area (Å²) >= 11 is 6.03. The molecule has 1 amide bonds. The lowest BCUT2D eigenvalue weighted by Gasteiger charge is -2.38. The van der Waals surface area contributed by atoms with Gasteiger partial charge in [-0.2, -0.15) is 5.10 Å². The van der Waals surface area contributed by atoms with E-state index in [0.29, 0.717) is 22.8 Å². The number of aromatic amines is 1. The molecule has 1 aromatic heterocycles. The van der Waals surface area contributed by atoms with Crippen molar-refractivity contribution in [2.24, 2.45) is 11.8 Å². The summed E-state index contributed by atoms with van der Waals surface area (Å²) in [6.45, 7) is 3.93. The molecule has 0 bridgehead atoms. The number of hydrogen-bond donors (Lipinski definition) is 2. The lowest BCUT2D eigenvalue weighted by atomic mass is 9.78. The van der Waals surface area contributed by atoms with Gasteiger partial charge in [0.1, 0.15) is 5.82 Å². The summed E-state index contributed by atoms with van der Waals surface area (Å²) in [6, 6.07) is 12.4. The zero-order valence-electron chi connectivity index (χ0n) is 20.6. The fraction of sp³-hybridized carbons (Fsp3) is 0.448. The van der Waals surface area contributed by atoms with Gasteiger partial charge in [0.05, 0.1) is 11.2 Å². The van der Waals surface area contributed by atoms with Crippen molar-refractivity contribution in [2.45, 2.75) is 44.4 Å². The Balaban J connectivity index is 1.11. The van der Waals surface area contributed by atoms with E-state index in [9.17, 15) is 9.18 Å². The predicted molar refractivity (Wildman–Crippen MR) is 143 cm³/mol. The van der Waals surface area contributed by atoms with Crippen LogP contribution in [-0.2, 0) is 4.79 Å². The van der Waals surface area contributed by atoms with Gasteiger partial charge in [0.2, 0.25) is 5.91 Å². The van der Waals surface area contributed by atoms with Crippen LogP contribution in [0.5, 0.6) is 0 Å². The Kier molecular flexibility index (Phi) is 8.02. The van der Waals surface area contributed by atoms with Crippen LogP contribution in [0.1, 0.15) is 55.7 Å². The highest BCUT2D eigenvalue weighted by molar-refractivity contribution is 6.30. The molecule has 0 spiro atoms. The van der Waals surface area contributed by atoms with Gasteiger partial charge in [-0.3, -0.25) is 9.89 Å². The van der Waals surface area contributed by atoms with Crippen LogP contribution in [0.3, 0.4) is 0 Å². The van der Waals surface area contributed by atoms with Crippen molar-refractivity contribution in [2.75, 3.05) is 26.2 Å². The number of fused-ring (bicyclic) bond motifs is 1. The van der Waals surface area contributed by atoms with E-state index in [1.165, 1.54) is 37.8 Å². The molecular formula is C29H34ClFN4O. The number of hydrogen-bond acceptors (Lipinski definition) is 3. The molecule has 1 aliphatic heterocycles. The number of carbonyl (C=O) groups excluding carboxylic acids is 1. The van der Waals surface area contributed by atoms with Gasteiger partial charge in [-0.1, -0.05) is 36.6 Å². The number of H-pyrrole nitrogens is 1. The maximum absolute atomic E-state index is 13.5. The Labute approximate surface area is 217 Å².